The molecule has 0 aromatic rings. The van der Waals surface area contributed by atoms with Gasteiger partial charge in [-0.25, -0.2) is 0 Å². The predicted octanol–water partition coefficient (Wildman–Crippen LogP) is 4.05. The minimum atomic E-state index is -5.17. The van der Waals surface area contributed by atoms with E-state index >= 15 is 0 Å². The van der Waals surface area contributed by atoms with Crippen molar-refractivity contribution in [2.24, 2.45) is 0 Å². The van der Waals surface area contributed by atoms with Crippen molar-refractivity contribution in [2.45, 2.75) is 41.5 Å². The highest BCUT2D eigenvalue weighted by Gasteiger charge is 2.23. The van der Waals surface area contributed by atoms with Crippen LogP contribution >= 0.6 is 14.5 Å². The summed E-state index contributed by atoms with van der Waals surface area (Å²) >= 11 is 0. The lowest BCUT2D eigenvalue weighted by Crippen LogP contribution is -1.98. The Morgan fingerprint density at radius 1 is 0.619 bits per heavy atom. The van der Waals surface area contributed by atoms with Gasteiger partial charge in [-0.1, -0.05) is 0 Å². The minimum Gasteiger partial charge on any atom is -0.759 e. The number of rotatable bonds is 6. The second-order valence-electron chi connectivity index (χ2n) is 5.54. The molecule has 0 unspecified atom stereocenters. The molecule has 0 saturated heterocycles. The Labute approximate surface area is 134 Å². The molecular formula is C14H36O4P2S. The van der Waals surface area contributed by atoms with Crippen LogP contribution in [-0.4, -0.2) is 67.8 Å². The maximum absolute atomic E-state index is 8.52. The van der Waals surface area contributed by atoms with E-state index in [-0.39, 0.29) is 0 Å². The molecule has 132 valence electrons. The molecule has 0 rings (SSSR count). The molecule has 0 saturated carbocycles. The van der Waals surface area contributed by atoms with Crippen LogP contribution < -0.4 is 0 Å². The molecule has 0 atom stereocenters. The maximum atomic E-state index is 8.52. The van der Waals surface area contributed by atoms with Gasteiger partial charge in [0.2, 0.25) is 0 Å². The summed E-state index contributed by atoms with van der Waals surface area (Å²) in [4.78, 5) is 0. The highest BCUT2D eigenvalue weighted by Crippen LogP contribution is 2.53. The Balaban J connectivity index is -0.000000239. The molecular weight excluding hydrogens is 326 g/mol. The van der Waals surface area contributed by atoms with Crippen LogP contribution in [-0.2, 0) is 10.4 Å². The molecule has 0 aliphatic rings. The first-order valence-electron chi connectivity index (χ1n) is 7.70. The van der Waals surface area contributed by atoms with E-state index in [2.05, 4.69) is 54.9 Å². The van der Waals surface area contributed by atoms with Crippen molar-refractivity contribution in [3.8, 4) is 0 Å². The van der Waals surface area contributed by atoms with Crippen molar-refractivity contribution in [1.29, 1.82) is 0 Å². The molecule has 0 aromatic heterocycles. The summed E-state index contributed by atoms with van der Waals surface area (Å²) in [6, 6.07) is 0. The predicted molar refractivity (Wildman–Crippen MR) is 99.4 cm³/mol. The van der Waals surface area contributed by atoms with Gasteiger partial charge in [-0.2, -0.15) is 0 Å². The SMILES string of the molecule is CC[P+](C)(CC)CC.CC[P+](C)(CC)CC.O=S(=O)([O-])[O-]. The molecule has 0 spiro atoms. The van der Waals surface area contributed by atoms with E-state index < -0.39 is 24.9 Å². The first-order chi connectivity index (χ1) is 9.36. The molecule has 0 radical (unpaired) electrons. The molecule has 7 heteroatoms. The third-order valence-electron chi connectivity index (χ3n) is 4.58. The Bertz CT molecular complexity index is 281. The van der Waals surface area contributed by atoms with Crippen molar-refractivity contribution in [3.63, 3.8) is 0 Å². The fraction of sp³-hybridized carbons (Fsp3) is 1.00. The van der Waals surface area contributed by atoms with Gasteiger partial charge < -0.3 is 9.11 Å². The van der Waals surface area contributed by atoms with E-state index in [1.54, 1.807) is 0 Å². The van der Waals surface area contributed by atoms with Crippen molar-refractivity contribution in [3.05, 3.63) is 0 Å². The van der Waals surface area contributed by atoms with Gasteiger partial charge in [0.1, 0.15) is 0 Å². The van der Waals surface area contributed by atoms with Crippen LogP contribution in [0.1, 0.15) is 41.5 Å². The zero-order chi connectivity index (χ0) is 17.7. The Kier molecular flexibility index (Phi) is 16.7. The van der Waals surface area contributed by atoms with Crippen LogP contribution in [0, 0.1) is 0 Å². The van der Waals surface area contributed by atoms with E-state index in [1.165, 1.54) is 37.0 Å². The van der Waals surface area contributed by atoms with E-state index in [4.69, 9.17) is 17.5 Å². The van der Waals surface area contributed by atoms with Gasteiger partial charge in [-0.15, -0.1) is 0 Å². The summed E-state index contributed by atoms with van der Waals surface area (Å²) in [5.74, 6) is 0. The highest BCUT2D eigenvalue weighted by molar-refractivity contribution is 7.79. The minimum absolute atomic E-state index is 0.412. The average Bonchev–Trinajstić information content (AvgIpc) is 2.44. The highest BCUT2D eigenvalue weighted by atomic mass is 32.3. The van der Waals surface area contributed by atoms with Gasteiger partial charge in [0.05, 0.1) is 37.0 Å². The Morgan fingerprint density at radius 2 is 0.714 bits per heavy atom. The van der Waals surface area contributed by atoms with Gasteiger partial charge in [-0.3, -0.25) is 8.42 Å². The third kappa shape index (κ3) is 20.7. The molecule has 21 heavy (non-hydrogen) atoms. The van der Waals surface area contributed by atoms with Crippen molar-refractivity contribution < 1.29 is 17.5 Å². The number of hydrogen-bond acceptors (Lipinski definition) is 4. The van der Waals surface area contributed by atoms with E-state index in [9.17, 15) is 0 Å². The normalized spacial score (nSPS) is 11.9. The van der Waals surface area contributed by atoms with Crippen LogP contribution in [0.15, 0.2) is 0 Å². The Hall–Kier alpha value is 0.730. The van der Waals surface area contributed by atoms with E-state index in [1.807, 2.05) is 0 Å². The van der Waals surface area contributed by atoms with Gasteiger partial charge in [0.15, 0.2) is 0 Å². The molecule has 0 bridgehead atoms. The molecule has 0 heterocycles. The van der Waals surface area contributed by atoms with Crippen LogP contribution in [0.3, 0.4) is 0 Å². The van der Waals surface area contributed by atoms with E-state index in [0.717, 1.165) is 0 Å². The molecule has 0 aromatic carbocycles. The fourth-order valence-corrected chi connectivity index (χ4v) is 4.02. The van der Waals surface area contributed by atoms with Crippen molar-refractivity contribution in [1.82, 2.24) is 0 Å². The molecule has 4 nitrogen and oxygen atoms in total. The maximum Gasteiger partial charge on any atom is 0.0563 e. The van der Waals surface area contributed by atoms with Crippen LogP contribution in [0.5, 0.6) is 0 Å². The first-order valence-corrected chi connectivity index (χ1v) is 14.6. The molecule has 0 N–H and O–H groups in total. The Morgan fingerprint density at radius 3 is 0.714 bits per heavy atom. The van der Waals surface area contributed by atoms with Gasteiger partial charge in [0.25, 0.3) is 0 Å². The zero-order valence-corrected chi connectivity index (χ0v) is 17.8. The van der Waals surface area contributed by atoms with Crippen molar-refractivity contribution in [2.75, 3.05) is 50.3 Å². The van der Waals surface area contributed by atoms with Gasteiger partial charge >= 0.3 is 0 Å². The second-order valence-corrected chi connectivity index (χ2v) is 16.6. The lowest BCUT2D eigenvalue weighted by Gasteiger charge is -2.16. The standard InChI is InChI=1S/2C7H18P.H2O4S/c2*1-5-8(4,6-2)7-3;1-5(2,3)4/h2*5-7H2,1-4H3;(H2,1,2,3,4)/q2*+1;/p-2. The van der Waals surface area contributed by atoms with Gasteiger partial charge in [-0.05, 0) is 41.5 Å². The molecule has 0 amide bonds. The molecule has 0 fully saturated rings. The lowest BCUT2D eigenvalue weighted by atomic mass is 10.9. The first kappa shape index (κ1) is 26.6. The summed E-state index contributed by atoms with van der Waals surface area (Å²) in [5.41, 5.74) is 0. The average molecular weight is 362 g/mol. The van der Waals surface area contributed by atoms with Crippen molar-refractivity contribution >= 4 is 24.9 Å². The monoisotopic (exact) mass is 362 g/mol. The summed E-state index contributed by atoms with van der Waals surface area (Å²) < 4.78 is 34.1. The molecule has 0 aliphatic heterocycles. The number of hydrogen-bond donors (Lipinski definition) is 0. The van der Waals surface area contributed by atoms with Crippen LogP contribution in [0.2, 0.25) is 0 Å². The summed E-state index contributed by atoms with van der Waals surface area (Å²) in [5, 5.41) is 0. The van der Waals surface area contributed by atoms with Crippen LogP contribution in [0.4, 0.5) is 0 Å². The fourth-order valence-electron chi connectivity index (χ4n) is 1.34. The van der Waals surface area contributed by atoms with Gasteiger partial charge in [0, 0.05) is 38.3 Å². The molecule has 0 aliphatic carbocycles. The topological polar surface area (TPSA) is 80.3 Å². The summed E-state index contributed by atoms with van der Waals surface area (Å²) in [6.45, 7) is 18.9. The smallest absolute Gasteiger partial charge is 0.0563 e. The van der Waals surface area contributed by atoms with E-state index in [0.29, 0.717) is 0 Å². The third-order valence-corrected chi connectivity index (χ3v) is 13.7. The quantitative estimate of drug-likeness (QED) is 0.405. The second kappa shape index (κ2) is 13.2. The summed E-state index contributed by atoms with van der Waals surface area (Å²) in [7, 11) is -5.99. The largest absolute Gasteiger partial charge is 0.759 e. The lowest BCUT2D eigenvalue weighted by molar-refractivity contribution is 0.352. The summed E-state index contributed by atoms with van der Waals surface area (Å²) in [6.07, 6.45) is 8.58. The zero-order valence-electron chi connectivity index (χ0n) is 15.2. The van der Waals surface area contributed by atoms with Crippen LogP contribution in [0.25, 0.3) is 0 Å².